The largest absolute Gasteiger partial charge is 0.338 e. The lowest BCUT2D eigenvalue weighted by molar-refractivity contribution is 0.252. The molecule has 180 valence electrons. The molecule has 5 rings (SSSR count). The number of nitrogens with one attached hydrogen (secondary N) is 2. The second-order valence-electron chi connectivity index (χ2n) is 8.11. The summed E-state index contributed by atoms with van der Waals surface area (Å²) >= 11 is 1.37. The van der Waals surface area contributed by atoms with Crippen LogP contribution in [0.3, 0.4) is 0 Å². The molecule has 0 atom stereocenters. The number of carbonyl (C=O) groups is 1. The zero-order chi connectivity index (χ0) is 24.6. The van der Waals surface area contributed by atoms with Crippen molar-refractivity contribution < 1.29 is 13.2 Å². The number of rotatable bonds is 5. The van der Waals surface area contributed by atoms with Gasteiger partial charge in [0.1, 0.15) is 0 Å². The van der Waals surface area contributed by atoms with Gasteiger partial charge in [0.25, 0.3) is 0 Å². The van der Waals surface area contributed by atoms with Gasteiger partial charge < -0.3 is 5.32 Å². The summed E-state index contributed by atoms with van der Waals surface area (Å²) in [7, 11) is -3.35. The first kappa shape index (κ1) is 23.1. The number of urea groups is 1. The van der Waals surface area contributed by atoms with Gasteiger partial charge in [-0.2, -0.15) is 0 Å². The van der Waals surface area contributed by atoms with Crippen LogP contribution < -0.4 is 14.9 Å². The average molecular weight is 510 g/mol. The SMILES string of the molecule is CCNC(=O)Nc1nc2cc(-c3cnc(N4CCCS4(=O)=O)nc3)cc(-c3ccc(C)cn3)c2s1. The first-order valence-corrected chi connectivity index (χ1v) is 13.5. The molecule has 2 N–H and O–H groups in total. The number of aromatic nitrogens is 4. The van der Waals surface area contributed by atoms with Crippen molar-refractivity contribution in [2.75, 3.05) is 28.5 Å². The van der Waals surface area contributed by atoms with Gasteiger partial charge in [-0.3, -0.25) is 10.3 Å². The van der Waals surface area contributed by atoms with Crippen molar-refractivity contribution >= 4 is 48.7 Å². The fourth-order valence-electron chi connectivity index (χ4n) is 3.84. The fourth-order valence-corrected chi connectivity index (χ4v) is 6.26. The Labute approximate surface area is 206 Å². The van der Waals surface area contributed by atoms with Gasteiger partial charge in [0, 0.05) is 42.8 Å². The zero-order valence-electron chi connectivity index (χ0n) is 19.1. The molecule has 1 aromatic carbocycles. The quantitative estimate of drug-likeness (QED) is 0.418. The summed E-state index contributed by atoms with van der Waals surface area (Å²) in [5.41, 5.74) is 4.90. The van der Waals surface area contributed by atoms with E-state index in [4.69, 9.17) is 0 Å². The summed E-state index contributed by atoms with van der Waals surface area (Å²) in [5, 5.41) is 5.95. The number of anilines is 2. The monoisotopic (exact) mass is 509 g/mol. The Hall–Kier alpha value is -3.64. The van der Waals surface area contributed by atoms with E-state index in [9.17, 15) is 13.2 Å². The van der Waals surface area contributed by atoms with Crippen molar-refractivity contribution in [2.45, 2.75) is 20.3 Å². The number of carbonyl (C=O) groups excluding carboxylic acids is 1. The highest BCUT2D eigenvalue weighted by molar-refractivity contribution is 7.93. The van der Waals surface area contributed by atoms with E-state index in [2.05, 4.69) is 30.6 Å². The fraction of sp³-hybridized carbons (Fsp3) is 0.261. The number of thiazole rings is 1. The number of pyridine rings is 1. The molecular weight excluding hydrogens is 486 g/mol. The molecule has 1 aliphatic rings. The van der Waals surface area contributed by atoms with Crippen molar-refractivity contribution in [1.82, 2.24) is 25.3 Å². The number of sulfonamides is 1. The third-order valence-electron chi connectivity index (χ3n) is 5.53. The molecule has 0 spiro atoms. The van der Waals surface area contributed by atoms with Gasteiger partial charge in [-0.15, -0.1) is 0 Å². The van der Waals surface area contributed by atoms with E-state index in [1.165, 1.54) is 15.6 Å². The maximum atomic E-state index is 12.2. The molecule has 1 aliphatic heterocycles. The Bertz CT molecular complexity index is 1500. The van der Waals surface area contributed by atoms with Crippen LogP contribution in [0, 0.1) is 6.92 Å². The lowest BCUT2D eigenvalue weighted by Crippen LogP contribution is -2.28. The lowest BCUT2D eigenvalue weighted by atomic mass is 10.0. The molecule has 0 bridgehead atoms. The summed E-state index contributed by atoms with van der Waals surface area (Å²) in [5.74, 6) is 0.285. The van der Waals surface area contributed by atoms with Crippen LogP contribution in [0.2, 0.25) is 0 Å². The van der Waals surface area contributed by atoms with Gasteiger partial charge in [0.05, 0.1) is 21.7 Å². The van der Waals surface area contributed by atoms with Crippen LogP contribution in [0.1, 0.15) is 18.9 Å². The second kappa shape index (κ2) is 9.19. The summed E-state index contributed by atoms with van der Waals surface area (Å²) in [4.78, 5) is 29.9. The van der Waals surface area contributed by atoms with Crippen LogP contribution in [0.5, 0.6) is 0 Å². The number of hydrogen-bond donors (Lipinski definition) is 2. The minimum Gasteiger partial charge on any atom is -0.338 e. The molecule has 1 fully saturated rings. The second-order valence-corrected chi connectivity index (χ2v) is 11.1. The zero-order valence-corrected chi connectivity index (χ0v) is 20.8. The van der Waals surface area contributed by atoms with E-state index >= 15 is 0 Å². The molecule has 0 aliphatic carbocycles. The Kier molecular flexibility index (Phi) is 6.07. The summed E-state index contributed by atoms with van der Waals surface area (Å²) < 4.78 is 26.6. The third-order valence-corrected chi connectivity index (χ3v) is 8.37. The number of hydrogen-bond acceptors (Lipinski definition) is 8. The Morgan fingerprint density at radius 1 is 1.11 bits per heavy atom. The van der Waals surface area contributed by atoms with Gasteiger partial charge in [-0.05, 0) is 49.6 Å². The van der Waals surface area contributed by atoms with E-state index < -0.39 is 10.0 Å². The maximum Gasteiger partial charge on any atom is 0.321 e. The van der Waals surface area contributed by atoms with Gasteiger partial charge >= 0.3 is 6.03 Å². The van der Waals surface area contributed by atoms with Crippen LogP contribution >= 0.6 is 11.3 Å². The molecule has 4 heterocycles. The lowest BCUT2D eigenvalue weighted by Gasteiger charge is -2.14. The van der Waals surface area contributed by atoms with Gasteiger partial charge in [0.15, 0.2) is 5.13 Å². The molecule has 2 amide bonds. The van der Waals surface area contributed by atoms with Crippen molar-refractivity contribution in [2.24, 2.45) is 0 Å². The molecule has 4 aromatic rings. The normalized spacial score (nSPS) is 14.9. The van der Waals surface area contributed by atoms with Crippen molar-refractivity contribution in [3.8, 4) is 22.4 Å². The van der Waals surface area contributed by atoms with Crippen LogP contribution in [0.4, 0.5) is 15.9 Å². The Morgan fingerprint density at radius 3 is 2.57 bits per heavy atom. The Morgan fingerprint density at radius 2 is 1.91 bits per heavy atom. The minimum absolute atomic E-state index is 0.109. The molecule has 3 aromatic heterocycles. The molecule has 35 heavy (non-hydrogen) atoms. The predicted molar refractivity (Wildman–Crippen MR) is 137 cm³/mol. The van der Waals surface area contributed by atoms with Gasteiger partial charge in [0.2, 0.25) is 16.0 Å². The molecule has 10 nitrogen and oxygen atoms in total. The average Bonchev–Trinajstić information content (AvgIpc) is 3.40. The summed E-state index contributed by atoms with van der Waals surface area (Å²) in [6.45, 7) is 4.71. The van der Waals surface area contributed by atoms with Gasteiger partial charge in [-0.25, -0.2) is 32.5 Å². The minimum atomic E-state index is -3.35. The molecular formula is C23H23N7O3S2. The van der Waals surface area contributed by atoms with Crippen LogP contribution in [-0.4, -0.2) is 53.2 Å². The highest BCUT2D eigenvalue weighted by Gasteiger charge is 2.30. The predicted octanol–water partition coefficient (Wildman–Crippen LogP) is 3.81. The standard InChI is InChI=1S/C23H23N7O3S2/c1-3-24-22(31)29-23-28-19-10-15(9-17(20(19)34-23)18-6-5-14(2)11-25-18)16-12-26-21(27-13-16)30-7-4-8-35(30,32)33/h5-6,9-13H,3-4,7-8H2,1-2H3,(H2,24,28,29,31). The Balaban J connectivity index is 1.57. The van der Waals surface area contributed by atoms with Crippen molar-refractivity contribution in [3.05, 3.63) is 48.4 Å². The molecule has 12 heteroatoms. The number of aryl methyl sites for hydroxylation is 1. The van der Waals surface area contributed by atoms with Crippen molar-refractivity contribution in [3.63, 3.8) is 0 Å². The molecule has 0 unspecified atom stereocenters. The van der Waals surface area contributed by atoms with E-state index in [0.29, 0.717) is 35.7 Å². The van der Waals surface area contributed by atoms with Gasteiger partial charge in [-0.1, -0.05) is 17.4 Å². The van der Waals surface area contributed by atoms with Crippen LogP contribution in [0.25, 0.3) is 32.6 Å². The van der Waals surface area contributed by atoms with Crippen LogP contribution in [0.15, 0.2) is 42.9 Å². The number of benzene rings is 1. The molecule has 1 saturated heterocycles. The maximum absolute atomic E-state index is 12.2. The smallest absolute Gasteiger partial charge is 0.321 e. The van der Waals surface area contributed by atoms with E-state index in [1.807, 2.05) is 38.1 Å². The topological polar surface area (TPSA) is 130 Å². The van der Waals surface area contributed by atoms with Crippen LogP contribution in [-0.2, 0) is 10.0 Å². The first-order valence-electron chi connectivity index (χ1n) is 11.1. The van der Waals surface area contributed by atoms with E-state index in [1.54, 1.807) is 18.6 Å². The highest BCUT2D eigenvalue weighted by atomic mass is 32.2. The molecule has 0 saturated carbocycles. The van der Waals surface area contributed by atoms with Crippen molar-refractivity contribution in [1.29, 1.82) is 0 Å². The summed E-state index contributed by atoms with van der Waals surface area (Å²) in [6.07, 6.45) is 5.60. The summed E-state index contributed by atoms with van der Waals surface area (Å²) in [6, 6.07) is 7.51. The highest BCUT2D eigenvalue weighted by Crippen LogP contribution is 2.38. The number of nitrogens with zero attached hydrogens (tertiary/aromatic N) is 5. The van der Waals surface area contributed by atoms with E-state index in [0.717, 1.165) is 27.1 Å². The first-order chi connectivity index (χ1) is 16.8. The van der Waals surface area contributed by atoms with E-state index in [-0.39, 0.29) is 17.7 Å². The molecule has 0 radical (unpaired) electrons. The number of amides is 2. The number of fused-ring (bicyclic) bond motifs is 1. The third kappa shape index (κ3) is 4.66.